The van der Waals surface area contributed by atoms with Crippen molar-refractivity contribution in [2.45, 2.75) is 37.8 Å². The molecule has 0 atom stereocenters. The van der Waals surface area contributed by atoms with Gasteiger partial charge in [0.1, 0.15) is 0 Å². The molecule has 0 unspecified atom stereocenters. The van der Waals surface area contributed by atoms with Crippen molar-refractivity contribution >= 4 is 0 Å². The molecule has 2 bridgehead atoms. The normalized spacial score (nSPS) is 42.7. The Morgan fingerprint density at radius 3 is 1.67 bits per heavy atom. The molecule has 9 heavy (non-hydrogen) atoms. The molecule has 3 heteroatoms. The van der Waals surface area contributed by atoms with Gasteiger partial charge in [-0.2, -0.15) is 5.53 Å². The van der Waals surface area contributed by atoms with E-state index in [1.165, 1.54) is 25.7 Å². The molecule has 0 aromatic heterocycles. The first-order valence-electron chi connectivity index (χ1n) is 3.71. The van der Waals surface area contributed by atoms with Crippen LogP contribution in [-0.2, 0) is 0 Å². The van der Waals surface area contributed by atoms with Crippen LogP contribution < -0.4 is 16.4 Å². The maximum absolute atomic E-state index is 3.21. The van der Waals surface area contributed by atoms with Gasteiger partial charge in [0.15, 0.2) is 0 Å². The fourth-order valence-corrected chi connectivity index (χ4v) is 1.63. The average Bonchev–Trinajstić information content (AvgIpc) is 2.21. The molecule has 0 amide bonds. The lowest BCUT2D eigenvalue weighted by Gasteiger charge is -2.20. The van der Waals surface area contributed by atoms with E-state index in [9.17, 15) is 0 Å². The molecule has 2 heterocycles. The molecule has 3 nitrogen and oxygen atoms in total. The van der Waals surface area contributed by atoms with Crippen LogP contribution in [0.5, 0.6) is 0 Å². The second-order valence-electron chi connectivity index (χ2n) is 2.96. The lowest BCUT2D eigenvalue weighted by Crippen LogP contribution is -2.45. The van der Waals surface area contributed by atoms with E-state index in [0.29, 0.717) is 0 Å². The summed E-state index contributed by atoms with van der Waals surface area (Å²) in [5.74, 6) is 0. The molecular weight excluding hydrogens is 114 g/mol. The van der Waals surface area contributed by atoms with Gasteiger partial charge in [-0.3, -0.25) is 0 Å². The van der Waals surface area contributed by atoms with Gasteiger partial charge in [0.05, 0.1) is 0 Å². The zero-order valence-corrected chi connectivity index (χ0v) is 5.48. The first-order chi connectivity index (χ1) is 4.45. The summed E-state index contributed by atoms with van der Waals surface area (Å²) in [6, 6.07) is 1.44. The molecule has 1 aliphatic carbocycles. The zero-order chi connectivity index (χ0) is 6.10. The van der Waals surface area contributed by atoms with Crippen molar-refractivity contribution in [2.24, 2.45) is 0 Å². The van der Waals surface area contributed by atoms with Gasteiger partial charge >= 0.3 is 0 Å². The van der Waals surface area contributed by atoms with E-state index < -0.39 is 0 Å². The van der Waals surface area contributed by atoms with Crippen LogP contribution in [0.2, 0.25) is 0 Å². The number of hydrogen-bond acceptors (Lipinski definition) is 3. The fourth-order valence-electron chi connectivity index (χ4n) is 1.63. The molecule has 0 aromatic rings. The first-order valence-corrected chi connectivity index (χ1v) is 3.71. The smallest absolute Gasteiger partial charge is 0.0227 e. The lowest BCUT2D eigenvalue weighted by molar-refractivity contribution is 0.385. The summed E-state index contributed by atoms with van der Waals surface area (Å²) in [4.78, 5) is 0. The van der Waals surface area contributed by atoms with Gasteiger partial charge in [0.2, 0.25) is 0 Å². The number of hydrogen-bond donors (Lipinski definition) is 3. The lowest BCUT2D eigenvalue weighted by atomic mass is 9.93. The number of rotatable bonds is 0. The minimum Gasteiger partial charge on any atom is -0.241 e. The molecule has 3 aliphatic rings. The summed E-state index contributed by atoms with van der Waals surface area (Å²) < 4.78 is 0. The highest BCUT2D eigenvalue weighted by atomic mass is 15.6. The molecule has 1 saturated carbocycles. The summed E-state index contributed by atoms with van der Waals surface area (Å²) in [7, 11) is 0. The van der Waals surface area contributed by atoms with Crippen LogP contribution in [0, 0.1) is 0 Å². The van der Waals surface area contributed by atoms with Crippen molar-refractivity contribution in [3.8, 4) is 0 Å². The monoisotopic (exact) mass is 127 g/mol. The highest BCUT2D eigenvalue weighted by Crippen LogP contribution is 2.19. The first kappa shape index (κ1) is 5.65. The standard InChI is InChI=1S/C6H13N3/c1-2-6-4-3-5(1)7-9-8-6/h5-9H,1-4H2. The van der Waals surface area contributed by atoms with Crippen LogP contribution in [0.4, 0.5) is 0 Å². The summed E-state index contributed by atoms with van der Waals surface area (Å²) in [5.41, 5.74) is 9.43. The number of fused-ring (bicyclic) bond motifs is 4. The molecule has 0 radical (unpaired) electrons. The molecule has 3 rings (SSSR count). The van der Waals surface area contributed by atoms with Gasteiger partial charge in [-0.25, -0.2) is 10.9 Å². The van der Waals surface area contributed by atoms with Crippen molar-refractivity contribution < 1.29 is 0 Å². The van der Waals surface area contributed by atoms with Crippen molar-refractivity contribution in [3.63, 3.8) is 0 Å². The van der Waals surface area contributed by atoms with E-state index in [4.69, 9.17) is 0 Å². The summed E-state index contributed by atoms with van der Waals surface area (Å²) >= 11 is 0. The maximum Gasteiger partial charge on any atom is 0.0227 e. The largest absolute Gasteiger partial charge is 0.241 e. The predicted octanol–water partition coefficient (Wildman–Crippen LogP) is -0.0900. The van der Waals surface area contributed by atoms with E-state index in [-0.39, 0.29) is 0 Å². The van der Waals surface area contributed by atoms with Crippen molar-refractivity contribution in [1.82, 2.24) is 16.4 Å². The Labute approximate surface area is 55.1 Å². The molecule has 52 valence electrons. The van der Waals surface area contributed by atoms with Gasteiger partial charge in [0.25, 0.3) is 0 Å². The van der Waals surface area contributed by atoms with E-state index >= 15 is 0 Å². The number of hydrazine groups is 2. The Morgan fingerprint density at radius 2 is 1.22 bits per heavy atom. The molecular formula is C6H13N3. The third-order valence-electron chi connectivity index (χ3n) is 2.28. The van der Waals surface area contributed by atoms with Crippen LogP contribution in [0.3, 0.4) is 0 Å². The second-order valence-corrected chi connectivity index (χ2v) is 2.96. The maximum atomic E-state index is 3.21. The Bertz CT molecular complexity index is 79.0. The molecule has 2 aliphatic heterocycles. The van der Waals surface area contributed by atoms with Crippen LogP contribution in [0.25, 0.3) is 0 Å². The third kappa shape index (κ3) is 1.08. The van der Waals surface area contributed by atoms with Gasteiger partial charge in [-0.1, -0.05) is 0 Å². The molecule has 3 N–H and O–H groups in total. The zero-order valence-electron chi connectivity index (χ0n) is 5.48. The van der Waals surface area contributed by atoms with Gasteiger partial charge in [0, 0.05) is 12.1 Å². The Morgan fingerprint density at radius 1 is 0.778 bits per heavy atom. The topological polar surface area (TPSA) is 36.1 Å². The van der Waals surface area contributed by atoms with Gasteiger partial charge < -0.3 is 0 Å². The SMILES string of the molecule is C1CC2CCC1NNN2. The molecule has 2 saturated heterocycles. The minimum atomic E-state index is 0.719. The quantitative estimate of drug-likeness (QED) is 0.425. The summed E-state index contributed by atoms with van der Waals surface area (Å²) in [5, 5.41) is 0. The molecule has 3 fully saturated rings. The summed E-state index contributed by atoms with van der Waals surface area (Å²) in [6.45, 7) is 0. The van der Waals surface area contributed by atoms with E-state index in [1.807, 2.05) is 0 Å². The van der Waals surface area contributed by atoms with Crippen molar-refractivity contribution in [2.75, 3.05) is 0 Å². The Hall–Kier alpha value is -0.120. The van der Waals surface area contributed by atoms with Crippen LogP contribution in [-0.4, -0.2) is 12.1 Å². The molecule has 0 aromatic carbocycles. The minimum absolute atomic E-state index is 0.719. The van der Waals surface area contributed by atoms with E-state index in [1.54, 1.807) is 0 Å². The Kier molecular flexibility index (Phi) is 1.41. The highest BCUT2D eigenvalue weighted by Gasteiger charge is 2.23. The van der Waals surface area contributed by atoms with Crippen LogP contribution >= 0.6 is 0 Å². The van der Waals surface area contributed by atoms with E-state index in [0.717, 1.165) is 12.1 Å². The molecule has 0 spiro atoms. The highest BCUT2D eigenvalue weighted by molar-refractivity contribution is 4.81. The van der Waals surface area contributed by atoms with Gasteiger partial charge in [-0.05, 0) is 25.7 Å². The Balaban J connectivity index is 2.03. The van der Waals surface area contributed by atoms with Crippen LogP contribution in [0.15, 0.2) is 0 Å². The summed E-state index contributed by atoms with van der Waals surface area (Å²) in [6.07, 6.45) is 5.30. The average molecular weight is 127 g/mol. The second kappa shape index (κ2) is 2.25. The van der Waals surface area contributed by atoms with Crippen molar-refractivity contribution in [1.29, 1.82) is 0 Å². The predicted molar refractivity (Wildman–Crippen MR) is 35.5 cm³/mol. The van der Waals surface area contributed by atoms with Crippen molar-refractivity contribution in [3.05, 3.63) is 0 Å². The van der Waals surface area contributed by atoms with Crippen LogP contribution in [0.1, 0.15) is 25.7 Å². The number of nitrogens with one attached hydrogen (secondary N) is 3. The fraction of sp³-hybridized carbons (Fsp3) is 1.00. The third-order valence-corrected chi connectivity index (χ3v) is 2.28. The van der Waals surface area contributed by atoms with Gasteiger partial charge in [-0.15, -0.1) is 0 Å². The van der Waals surface area contributed by atoms with E-state index in [2.05, 4.69) is 16.4 Å².